The van der Waals surface area contributed by atoms with Crippen LogP contribution in [0.4, 0.5) is 0 Å². The molecule has 0 bridgehead atoms. The molecule has 2 heterocycles. The van der Waals surface area contributed by atoms with Gasteiger partial charge in [0.1, 0.15) is 0 Å². The zero-order valence-corrected chi connectivity index (χ0v) is 14.1. The van der Waals surface area contributed by atoms with Gasteiger partial charge in [-0.15, -0.1) is 11.3 Å². The van der Waals surface area contributed by atoms with Gasteiger partial charge in [0.25, 0.3) is 0 Å². The van der Waals surface area contributed by atoms with Crippen LogP contribution in [0, 0.1) is 0 Å². The first kappa shape index (κ1) is 13.7. The fourth-order valence-electron chi connectivity index (χ4n) is 2.47. The fourth-order valence-corrected chi connectivity index (χ4v) is 3.62. The number of fused-ring (bicyclic) bond motifs is 1. The van der Waals surface area contributed by atoms with E-state index >= 15 is 0 Å². The molecule has 0 aliphatic heterocycles. The number of rotatable bonds is 2. The molecule has 0 amide bonds. The van der Waals surface area contributed by atoms with E-state index in [1.54, 1.807) is 11.3 Å². The number of para-hydroxylation sites is 1. The van der Waals surface area contributed by atoms with E-state index in [0.717, 1.165) is 15.7 Å². The largest absolute Gasteiger partial charge is 0.247 e. The van der Waals surface area contributed by atoms with Crippen molar-refractivity contribution in [1.82, 2.24) is 4.98 Å². The van der Waals surface area contributed by atoms with E-state index in [1.807, 2.05) is 12.1 Å². The fraction of sp³-hybridized carbons (Fsp3) is 0. The normalized spacial score (nSPS) is 11.0. The predicted molar refractivity (Wildman–Crippen MR) is 98.2 cm³/mol. The van der Waals surface area contributed by atoms with Gasteiger partial charge in [0.05, 0.1) is 16.1 Å². The molecule has 0 saturated carbocycles. The van der Waals surface area contributed by atoms with Crippen LogP contribution in [0.25, 0.3) is 32.6 Å². The third-order valence-corrected chi connectivity index (χ3v) is 5.11. The van der Waals surface area contributed by atoms with Crippen molar-refractivity contribution in [3.63, 3.8) is 0 Å². The quantitative estimate of drug-likeness (QED) is 0.400. The molecule has 3 heteroatoms. The summed E-state index contributed by atoms with van der Waals surface area (Å²) in [5, 5.41) is 3.37. The lowest BCUT2D eigenvalue weighted by Crippen LogP contribution is -1.82. The average molecular weight is 366 g/mol. The highest BCUT2D eigenvalue weighted by atomic mass is 79.9. The van der Waals surface area contributed by atoms with Crippen molar-refractivity contribution < 1.29 is 0 Å². The molecule has 0 aliphatic rings. The summed E-state index contributed by atoms with van der Waals surface area (Å²) < 4.78 is 1.10. The maximum Gasteiger partial charge on any atom is 0.0809 e. The van der Waals surface area contributed by atoms with E-state index in [9.17, 15) is 0 Å². The summed E-state index contributed by atoms with van der Waals surface area (Å²) in [6.07, 6.45) is 0. The molecular formula is C19H12BrNS. The molecule has 0 atom stereocenters. The zero-order chi connectivity index (χ0) is 14.9. The highest BCUT2D eigenvalue weighted by Gasteiger charge is 2.06. The van der Waals surface area contributed by atoms with E-state index < -0.39 is 0 Å². The van der Waals surface area contributed by atoms with Gasteiger partial charge in [-0.3, -0.25) is 0 Å². The van der Waals surface area contributed by atoms with E-state index in [4.69, 9.17) is 4.98 Å². The van der Waals surface area contributed by atoms with Gasteiger partial charge < -0.3 is 0 Å². The molecular weight excluding hydrogens is 354 g/mol. The molecule has 2 aromatic carbocycles. The van der Waals surface area contributed by atoms with E-state index in [1.165, 1.54) is 21.4 Å². The van der Waals surface area contributed by atoms with Gasteiger partial charge in [0.15, 0.2) is 0 Å². The van der Waals surface area contributed by atoms with Crippen LogP contribution < -0.4 is 0 Å². The van der Waals surface area contributed by atoms with Crippen LogP contribution >= 0.6 is 27.3 Å². The van der Waals surface area contributed by atoms with Gasteiger partial charge in [-0.1, -0.05) is 52.3 Å². The highest BCUT2D eigenvalue weighted by molar-refractivity contribution is 9.10. The standard InChI is InChI=1S/C19H12BrNS/c20-16-8-5-13(6-9-16)15-11-19(22-12-15)18-10-7-14-3-1-2-4-17(14)21-18/h1-12H. The Morgan fingerprint density at radius 1 is 0.818 bits per heavy atom. The summed E-state index contributed by atoms with van der Waals surface area (Å²) in [6.45, 7) is 0. The number of pyridine rings is 1. The zero-order valence-electron chi connectivity index (χ0n) is 11.7. The molecule has 2 aromatic heterocycles. The molecule has 4 aromatic rings. The Bertz CT molecular complexity index is 941. The topological polar surface area (TPSA) is 12.9 Å². The molecule has 0 N–H and O–H groups in total. The van der Waals surface area contributed by atoms with Crippen molar-refractivity contribution in [2.75, 3.05) is 0 Å². The van der Waals surface area contributed by atoms with Crippen molar-refractivity contribution in [2.24, 2.45) is 0 Å². The number of thiophene rings is 1. The Morgan fingerprint density at radius 2 is 1.64 bits per heavy atom. The van der Waals surface area contributed by atoms with Gasteiger partial charge in [-0.05, 0) is 46.8 Å². The van der Waals surface area contributed by atoms with E-state index in [-0.39, 0.29) is 0 Å². The first-order valence-corrected chi connectivity index (χ1v) is 8.67. The minimum Gasteiger partial charge on any atom is -0.247 e. The Balaban J connectivity index is 1.74. The summed E-state index contributed by atoms with van der Waals surface area (Å²) in [7, 11) is 0. The van der Waals surface area contributed by atoms with E-state index in [2.05, 4.69) is 75.9 Å². The minimum absolute atomic E-state index is 1.03. The Hall–Kier alpha value is -1.97. The van der Waals surface area contributed by atoms with Crippen LogP contribution in [0.3, 0.4) is 0 Å². The van der Waals surface area contributed by atoms with Gasteiger partial charge in [-0.2, -0.15) is 0 Å². The molecule has 22 heavy (non-hydrogen) atoms. The van der Waals surface area contributed by atoms with Crippen molar-refractivity contribution >= 4 is 38.2 Å². The molecule has 0 spiro atoms. The van der Waals surface area contributed by atoms with Crippen molar-refractivity contribution in [1.29, 1.82) is 0 Å². The number of aromatic nitrogens is 1. The first-order chi connectivity index (χ1) is 10.8. The second kappa shape index (κ2) is 5.67. The smallest absolute Gasteiger partial charge is 0.0809 e. The number of hydrogen-bond donors (Lipinski definition) is 0. The van der Waals surface area contributed by atoms with Crippen molar-refractivity contribution in [3.8, 4) is 21.7 Å². The van der Waals surface area contributed by atoms with Crippen molar-refractivity contribution in [3.05, 3.63) is 76.6 Å². The van der Waals surface area contributed by atoms with Gasteiger partial charge in [0, 0.05) is 9.86 Å². The molecule has 106 valence electrons. The third-order valence-electron chi connectivity index (χ3n) is 3.63. The second-order valence-electron chi connectivity index (χ2n) is 5.10. The lowest BCUT2D eigenvalue weighted by atomic mass is 10.1. The second-order valence-corrected chi connectivity index (χ2v) is 6.92. The molecule has 0 unspecified atom stereocenters. The van der Waals surface area contributed by atoms with Crippen molar-refractivity contribution in [2.45, 2.75) is 0 Å². The van der Waals surface area contributed by atoms with Gasteiger partial charge >= 0.3 is 0 Å². The molecule has 0 saturated heterocycles. The van der Waals surface area contributed by atoms with Crippen LogP contribution in [0.15, 0.2) is 76.6 Å². The Kier molecular flexibility index (Phi) is 3.53. The number of halogens is 1. The SMILES string of the molecule is Brc1ccc(-c2csc(-c3ccc4ccccc4n3)c2)cc1. The van der Waals surface area contributed by atoms with Gasteiger partial charge in [-0.25, -0.2) is 4.98 Å². The maximum atomic E-state index is 4.77. The lowest BCUT2D eigenvalue weighted by Gasteiger charge is -2.00. The molecule has 1 nitrogen and oxygen atoms in total. The van der Waals surface area contributed by atoms with Crippen LogP contribution in [0.5, 0.6) is 0 Å². The highest BCUT2D eigenvalue weighted by Crippen LogP contribution is 2.32. The molecule has 0 radical (unpaired) electrons. The Morgan fingerprint density at radius 3 is 2.50 bits per heavy atom. The van der Waals surface area contributed by atoms with Gasteiger partial charge in [0.2, 0.25) is 0 Å². The summed E-state index contributed by atoms with van der Waals surface area (Å²) in [5.41, 5.74) is 4.54. The van der Waals surface area contributed by atoms with E-state index in [0.29, 0.717) is 0 Å². The summed E-state index contributed by atoms with van der Waals surface area (Å²) in [4.78, 5) is 5.97. The first-order valence-electron chi connectivity index (χ1n) is 7.00. The minimum atomic E-state index is 1.03. The Labute approximate surface area is 141 Å². The van der Waals surface area contributed by atoms with Crippen LogP contribution in [-0.4, -0.2) is 4.98 Å². The third kappa shape index (κ3) is 2.58. The number of hydrogen-bond acceptors (Lipinski definition) is 2. The van der Waals surface area contributed by atoms with Crippen LogP contribution in [0.1, 0.15) is 0 Å². The number of nitrogens with zero attached hydrogens (tertiary/aromatic N) is 1. The average Bonchev–Trinajstić information content (AvgIpc) is 3.05. The molecule has 4 rings (SSSR count). The maximum absolute atomic E-state index is 4.77. The summed E-state index contributed by atoms with van der Waals surface area (Å²) in [6, 6.07) is 23.1. The molecule has 0 fully saturated rings. The van der Waals surface area contributed by atoms with Crippen LogP contribution in [0.2, 0.25) is 0 Å². The lowest BCUT2D eigenvalue weighted by molar-refractivity contribution is 1.42. The predicted octanol–water partition coefficient (Wildman–Crippen LogP) is 6.39. The monoisotopic (exact) mass is 365 g/mol. The number of benzene rings is 2. The summed E-state index contributed by atoms with van der Waals surface area (Å²) >= 11 is 5.21. The summed E-state index contributed by atoms with van der Waals surface area (Å²) in [5.74, 6) is 0. The van der Waals surface area contributed by atoms with Crippen LogP contribution in [-0.2, 0) is 0 Å². The molecule has 0 aliphatic carbocycles.